The Kier molecular flexibility index (Phi) is 5.07. The van der Waals surface area contributed by atoms with E-state index < -0.39 is 16.0 Å². The van der Waals surface area contributed by atoms with Gasteiger partial charge in [-0.25, -0.2) is 12.7 Å². The molecule has 0 saturated carbocycles. The Morgan fingerprint density at radius 2 is 2.00 bits per heavy atom. The molecule has 0 aliphatic rings. The van der Waals surface area contributed by atoms with Gasteiger partial charge in [0.2, 0.25) is 10.0 Å². The van der Waals surface area contributed by atoms with E-state index in [0.29, 0.717) is 6.42 Å². The number of carbonyl (C=O) groups is 1. The van der Waals surface area contributed by atoms with Gasteiger partial charge in [-0.2, -0.15) is 0 Å². The van der Waals surface area contributed by atoms with Gasteiger partial charge in [-0.05, 0) is 13.3 Å². The zero-order valence-corrected chi connectivity index (χ0v) is 9.54. The summed E-state index contributed by atoms with van der Waals surface area (Å²) in [7, 11) is -1.94. The minimum Gasteiger partial charge on any atom is -0.481 e. The lowest BCUT2D eigenvalue weighted by Gasteiger charge is -2.22. The summed E-state index contributed by atoms with van der Waals surface area (Å²) in [6, 6.07) is -0.0891. The van der Waals surface area contributed by atoms with Crippen molar-refractivity contribution in [2.24, 2.45) is 0 Å². The molecule has 0 radical (unpaired) electrons. The number of carboxylic acids is 1. The molecule has 0 aromatic carbocycles. The number of hydrogen-bond donors (Lipinski definition) is 1. The van der Waals surface area contributed by atoms with Crippen molar-refractivity contribution in [3.05, 3.63) is 0 Å². The molecular formula is C8H17NO4S. The second-order valence-electron chi connectivity index (χ2n) is 3.23. The molecule has 14 heavy (non-hydrogen) atoms. The van der Waals surface area contributed by atoms with Gasteiger partial charge >= 0.3 is 5.97 Å². The van der Waals surface area contributed by atoms with Crippen LogP contribution in [0.5, 0.6) is 0 Å². The summed E-state index contributed by atoms with van der Waals surface area (Å²) < 4.78 is 24.2. The largest absolute Gasteiger partial charge is 0.481 e. The van der Waals surface area contributed by atoms with Crippen LogP contribution < -0.4 is 0 Å². The number of rotatable bonds is 6. The Bertz CT molecular complexity index is 286. The summed E-state index contributed by atoms with van der Waals surface area (Å²) in [6.45, 7) is 3.67. The quantitative estimate of drug-likeness (QED) is 0.712. The average molecular weight is 223 g/mol. The first-order chi connectivity index (χ1) is 6.31. The summed E-state index contributed by atoms with van der Waals surface area (Å²) in [5.74, 6) is -1.42. The van der Waals surface area contributed by atoms with E-state index in [0.717, 1.165) is 0 Å². The van der Waals surface area contributed by atoms with Gasteiger partial charge in [-0.3, -0.25) is 4.79 Å². The van der Waals surface area contributed by atoms with Crippen LogP contribution >= 0.6 is 0 Å². The van der Waals surface area contributed by atoms with Gasteiger partial charge in [-0.15, -0.1) is 0 Å². The maximum absolute atomic E-state index is 11.5. The van der Waals surface area contributed by atoms with Gasteiger partial charge in [0.15, 0.2) is 0 Å². The first-order valence-corrected chi connectivity index (χ1v) is 6.09. The van der Waals surface area contributed by atoms with E-state index in [1.165, 1.54) is 11.4 Å². The molecule has 0 amide bonds. The smallest absolute Gasteiger partial charge is 0.304 e. The van der Waals surface area contributed by atoms with Crippen molar-refractivity contribution in [2.75, 3.05) is 12.8 Å². The van der Waals surface area contributed by atoms with Crippen molar-refractivity contribution in [1.82, 2.24) is 4.31 Å². The first-order valence-electron chi connectivity index (χ1n) is 4.48. The molecule has 0 rings (SSSR count). The third-order valence-electron chi connectivity index (χ3n) is 2.22. The van der Waals surface area contributed by atoms with Crippen LogP contribution in [0.25, 0.3) is 0 Å². The molecule has 1 unspecified atom stereocenters. The molecule has 0 spiro atoms. The van der Waals surface area contributed by atoms with Crippen molar-refractivity contribution in [2.45, 2.75) is 32.7 Å². The highest BCUT2D eigenvalue weighted by Crippen LogP contribution is 2.08. The first kappa shape index (κ1) is 13.4. The van der Waals surface area contributed by atoms with Crippen LogP contribution in [0.15, 0.2) is 0 Å². The van der Waals surface area contributed by atoms with Crippen molar-refractivity contribution in [3.8, 4) is 0 Å². The lowest BCUT2D eigenvalue weighted by molar-refractivity contribution is -0.136. The summed E-state index contributed by atoms with van der Waals surface area (Å²) >= 11 is 0. The molecule has 0 bridgehead atoms. The average Bonchev–Trinajstić information content (AvgIpc) is 2.12. The third-order valence-corrected chi connectivity index (χ3v) is 4.18. The Balaban J connectivity index is 4.39. The minimum absolute atomic E-state index is 0.0891. The van der Waals surface area contributed by atoms with Gasteiger partial charge in [0, 0.05) is 13.1 Å². The highest BCUT2D eigenvalue weighted by Gasteiger charge is 2.22. The zero-order chi connectivity index (χ0) is 11.4. The monoisotopic (exact) mass is 223 g/mol. The van der Waals surface area contributed by atoms with Crippen LogP contribution in [0.2, 0.25) is 0 Å². The predicted molar refractivity (Wildman–Crippen MR) is 53.6 cm³/mol. The van der Waals surface area contributed by atoms with E-state index in [1.807, 2.05) is 6.92 Å². The fourth-order valence-corrected chi connectivity index (χ4v) is 2.31. The predicted octanol–water partition coefficient (Wildman–Crippen LogP) is 0.521. The molecule has 0 aliphatic carbocycles. The van der Waals surface area contributed by atoms with Crippen molar-refractivity contribution in [3.63, 3.8) is 0 Å². The standard InChI is InChI=1S/C8H17NO4S/c1-4-7(2)9(3)14(12,13)6-5-8(10)11/h7H,4-6H2,1-3H3,(H,10,11). The molecule has 0 heterocycles. The molecule has 0 saturated heterocycles. The van der Waals surface area contributed by atoms with Gasteiger partial charge < -0.3 is 5.11 Å². The van der Waals surface area contributed by atoms with Crippen LogP contribution in [0.1, 0.15) is 26.7 Å². The Morgan fingerprint density at radius 3 is 2.36 bits per heavy atom. The van der Waals surface area contributed by atoms with Gasteiger partial charge in [0.25, 0.3) is 0 Å². The maximum atomic E-state index is 11.5. The lowest BCUT2D eigenvalue weighted by Crippen LogP contribution is -2.36. The number of aliphatic carboxylic acids is 1. The van der Waals surface area contributed by atoms with E-state index in [1.54, 1.807) is 6.92 Å². The van der Waals surface area contributed by atoms with E-state index in [9.17, 15) is 13.2 Å². The SMILES string of the molecule is CCC(C)N(C)S(=O)(=O)CCC(=O)O. The summed E-state index contributed by atoms with van der Waals surface area (Å²) in [6.07, 6.45) is 0.367. The molecule has 84 valence electrons. The Morgan fingerprint density at radius 1 is 1.50 bits per heavy atom. The van der Waals surface area contributed by atoms with E-state index in [4.69, 9.17) is 5.11 Å². The van der Waals surface area contributed by atoms with Gasteiger partial charge in [0.1, 0.15) is 0 Å². The van der Waals surface area contributed by atoms with Crippen molar-refractivity contribution < 1.29 is 18.3 Å². The molecule has 1 N–H and O–H groups in total. The molecular weight excluding hydrogens is 206 g/mol. The number of nitrogens with zero attached hydrogens (tertiary/aromatic N) is 1. The number of sulfonamides is 1. The Labute approximate surface area is 84.8 Å². The van der Waals surface area contributed by atoms with Gasteiger partial charge in [-0.1, -0.05) is 6.92 Å². The Hall–Kier alpha value is -0.620. The highest BCUT2D eigenvalue weighted by molar-refractivity contribution is 7.89. The topological polar surface area (TPSA) is 74.7 Å². The fraction of sp³-hybridized carbons (Fsp3) is 0.875. The van der Waals surface area contributed by atoms with Crippen molar-refractivity contribution >= 4 is 16.0 Å². The molecule has 0 fully saturated rings. The number of hydrogen-bond acceptors (Lipinski definition) is 3. The zero-order valence-electron chi connectivity index (χ0n) is 8.73. The molecule has 6 heteroatoms. The van der Waals surface area contributed by atoms with E-state index in [-0.39, 0.29) is 18.2 Å². The highest BCUT2D eigenvalue weighted by atomic mass is 32.2. The van der Waals surface area contributed by atoms with Crippen LogP contribution in [-0.4, -0.2) is 42.6 Å². The second-order valence-corrected chi connectivity index (χ2v) is 5.38. The van der Waals surface area contributed by atoms with Crippen LogP contribution in [-0.2, 0) is 14.8 Å². The summed E-state index contributed by atoms with van der Waals surface area (Å²) in [5.41, 5.74) is 0. The van der Waals surface area contributed by atoms with Gasteiger partial charge in [0.05, 0.1) is 12.2 Å². The maximum Gasteiger partial charge on any atom is 0.304 e. The summed E-state index contributed by atoms with van der Waals surface area (Å²) in [4.78, 5) is 10.2. The summed E-state index contributed by atoms with van der Waals surface area (Å²) in [5, 5.41) is 8.37. The molecule has 0 aliphatic heterocycles. The molecule has 5 nitrogen and oxygen atoms in total. The van der Waals surface area contributed by atoms with Crippen molar-refractivity contribution in [1.29, 1.82) is 0 Å². The second kappa shape index (κ2) is 5.31. The number of carboxylic acid groups (broad SMARTS) is 1. The van der Waals surface area contributed by atoms with Crippen LogP contribution in [0.3, 0.4) is 0 Å². The molecule has 1 atom stereocenters. The third kappa shape index (κ3) is 4.06. The van der Waals surface area contributed by atoms with Crippen LogP contribution in [0, 0.1) is 0 Å². The molecule has 0 aromatic rings. The minimum atomic E-state index is -3.41. The van der Waals surface area contributed by atoms with E-state index in [2.05, 4.69) is 0 Å². The lowest BCUT2D eigenvalue weighted by atomic mass is 10.3. The molecule has 0 aromatic heterocycles. The fourth-order valence-electron chi connectivity index (χ4n) is 0.892. The van der Waals surface area contributed by atoms with Crippen LogP contribution in [0.4, 0.5) is 0 Å². The van der Waals surface area contributed by atoms with E-state index >= 15 is 0 Å². The normalized spacial score (nSPS) is 14.3.